The Balaban J connectivity index is 1.74. The van der Waals surface area contributed by atoms with E-state index < -0.39 is 0 Å². The summed E-state index contributed by atoms with van der Waals surface area (Å²) in [6.45, 7) is 2.72. The molecule has 2 aromatic rings. The van der Waals surface area contributed by atoms with Crippen molar-refractivity contribution in [3.63, 3.8) is 0 Å². The fraction of sp³-hybridized carbons (Fsp3) is 0.267. The molecule has 1 amide bonds. The lowest BCUT2D eigenvalue weighted by Crippen LogP contribution is -2.24. The Morgan fingerprint density at radius 1 is 1.20 bits per heavy atom. The molecule has 0 atom stereocenters. The highest BCUT2D eigenvalue weighted by Crippen LogP contribution is 2.20. The molecule has 3 nitrogen and oxygen atoms in total. The Morgan fingerprint density at radius 2 is 1.90 bits per heavy atom. The molecule has 0 spiro atoms. The van der Waals surface area contributed by atoms with Gasteiger partial charge in [-0.1, -0.05) is 6.92 Å². The smallest absolute Gasteiger partial charge is 0.230 e. The summed E-state index contributed by atoms with van der Waals surface area (Å²) in [6.07, 6.45) is 1.04. The van der Waals surface area contributed by atoms with E-state index in [1.54, 1.807) is 35.6 Å². The second-order valence-corrected chi connectivity index (χ2v) is 6.58. The summed E-state index contributed by atoms with van der Waals surface area (Å²) in [6, 6.07) is 11.0. The second-order valence-electron chi connectivity index (χ2n) is 4.28. The largest absolute Gasteiger partial charge is 0.508 e. The first kappa shape index (κ1) is 14.9. The molecule has 1 heterocycles. The number of carbonyl (C=O) groups is 1. The minimum Gasteiger partial charge on any atom is -0.508 e. The number of aromatic hydroxyl groups is 1. The van der Waals surface area contributed by atoms with Gasteiger partial charge in [-0.3, -0.25) is 4.79 Å². The molecular formula is C15H17NO2S2. The Bertz CT molecular complexity index is 564. The summed E-state index contributed by atoms with van der Waals surface area (Å²) in [5.74, 6) is 0.648. The van der Waals surface area contributed by atoms with Crippen molar-refractivity contribution in [1.29, 1.82) is 0 Å². The van der Waals surface area contributed by atoms with Gasteiger partial charge in [-0.05, 0) is 42.8 Å². The SMILES string of the molecule is CCc1ccc(CNC(=O)CSc2ccc(O)cc2)s1. The topological polar surface area (TPSA) is 49.3 Å². The van der Waals surface area contributed by atoms with E-state index >= 15 is 0 Å². The third-order valence-corrected chi connectivity index (χ3v) is 4.97. The lowest BCUT2D eigenvalue weighted by Gasteiger charge is -2.04. The van der Waals surface area contributed by atoms with Crippen LogP contribution in [0.15, 0.2) is 41.3 Å². The van der Waals surface area contributed by atoms with Gasteiger partial charge in [0.05, 0.1) is 12.3 Å². The van der Waals surface area contributed by atoms with Crippen LogP contribution in [0.2, 0.25) is 0 Å². The van der Waals surface area contributed by atoms with Crippen LogP contribution in [0.5, 0.6) is 5.75 Å². The van der Waals surface area contributed by atoms with E-state index in [-0.39, 0.29) is 11.7 Å². The molecule has 106 valence electrons. The number of thioether (sulfide) groups is 1. The van der Waals surface area contributed by atoms with Crippen molar-refractivity contribution in [2.45, 2.75) is 24.8 Å². The molecule has 0 fully saturated rings. The molecule has 0 bridgehead atoms. The molecule has 0 radical (unpaired) electrons. The van der Waals surface area contributed by atoms with E-state index in [9.17, 15) is 9.90 Å². The number of benzene rings is 1. The number of phenols is 1. The van der Waals surface area contributed by atoms with E-state index in [0.717, 1.165) is 11.3 Å². The number of amides is 1. The first-order chi connectivity index (χ1) is 9.67. The zero-order valence-electron chi connectivity index (χ0n) is 11.3. The van der Waals surface area contributed by atoms with Gasteiger partial charge in [0.2, 0.25) is 5.91 Å². The van der Waals surface area contributed by atoms with Crippen LogP contribution >= 0.6 is 23.1 Å². The lowest BCUT2D eigenvalue weighted by molar-refractivity contribution is -0.118. The third kappa shape index (κ3) is 4.58. The number of hydrogen-bond acceptors (Lipinski definition) is 4. The summed E-state index contributed by atoms with van der Waals surface area (Å²) in [7, 11) is 0. The Labute approximate surface area is 127 Å². The standard InChI is InChI=1S/C15H17NO2S2/c1-2-12-7-8-14(20-12)9-16-15(18)10-19-13-5-3-11(17)4-6-13/h3-8,17H,2,9-10H2,1H3,(H,16,18). The molecule has 0 aliphatic rings. The predicted molar refractivity (Wildman–Crippen MR) is 84.4 cm³/mol. The summed E-state index contributed by atoms with van der Waals surface area (Å²) >= 11 is 3.20. The summed E-state index contributed by atoms with van der Waals surface area (Å²) in [5, 5.41) is 12.1. The highest BCUT2D eigenvalue weighted by Gasteiger charge is 2.04. The van der Waals surface area contributed by atoms with Crippen LogP contribution in [-0.4, -0.2) is 16.8 Å². The average molecular weight is 307 g/mol. The van der Waals surface area contributed by atoms with Crippen LogP contribution in [-0.2, 0) is 17.8 Å². The highest BCUT2D eigenvalue weighted by molar-refractivity contribution is 8.00. The number of thiophene rings is 1. The fourth-order valence-electron chi connectivity index (χ4n) is 1.64. The first-order valence-electron chi connectivity index (χ1n) is 6.43. The van der Waals surface area contributed by atoms with E-state index in [1.165, 1.54) is 21.5 Å². The van der Waals surface area contributed by atoms with Gasteiger partial charge < -0.3 is 10.4 Å². The van der Waals surface area contributed by atoms with E-state index in [4.69, 9.17) is 0 Å². The Hall–Kier alpha value is -1.46. The quantitative estimate of drug-likeness (QED) is 0.804. The van der Waals surface area contributed by atoms with Crippen LogP contribution in [0.25, 0.3) is 0 Å². The monoisotopic (exact) mass is 307 g/mol. The maximum atomic E-state index is 11.8. The van der Waals surface area contributed by atoms with Gasteiger partial charge >= 0.3 is 0 Å². The van der Waals surface area contributed by atoms with Crippen molar-refractivity contribution in [3.05, 3.63) is 46.2 Å². The molecule has 0 saturated carbocycles. The van der Waals surface area contributed by atoms with Gasteiger partial charge in [-0.2, -0.15) is 0 Å². The van der Waals surface area contributed by atoms with Crippen LogP contribution in [0.1, 0.15) is 16.7 Å². The van der Waals surface area contributed by atoms with Gasteiger partial charge in [0.25, 0.3) is 0 Å². The molecule has 1 aromatic heterocycles. The van der Waals surface area contributed by atoms with Gasteiger partial charge in [0.1, 0.15) is 5.75 Å². The zero-order valence-corrected chi connectivity index (χ0v) is 12.9. The molecule has 20 heavy (non-hydrogen) atoms. The van der Waals surface area contributed by atoms with Crippen LogP contribution < -0.4 is 5.32 Å². The first-order valence-corrected chi connectivity index (χ1v) is 8.23. The number of nitrogens with one attached hydrogen (secondary N) is 1. The molecular weight excluding hydrogens is 290 g/mol. The third-order valence-electron chi connectivity index (χ3n) is 2.73. The van der Waals surface area contributed by atoms with Crippen molar-refractivity contribution in [1.82, 2.24) is 5.32 Å². The van der Waals surface area contributed by atoms with Gasteiger partial charge in [-0.15, -0.1) is 23.1 Å². The van der Waals surface area contributed by atoms with Gasteiger partial charge in [0.15, 0.2) is 0 Å². The Kier molecular flexibility index (Phi) is 5.49. The molecule has 0 unspecified atom stereocenters. The normalized spacial score (nSPS) is 10.4. The maximum absolute atomic E-state index is 11.8. The minimum atomic E-state index is 0.0227. The van der Waals surface area contributed by atoms with Crippen LogP contribution in [0, 0.1) is 0 Å². The van der Waals surface area contributed by atoms with Crippen molar-refractivity contribution >= 4 is 29.0 Å². The zero-order chi connectivity index (χ0) is 14.4. The maximum Gasteiger partial charge on any atom is 0.230 e. The number of phenolic OH excluding ortho intramolecular Hbond substituents is 1. The van der Waals surface area contributed by atoms with E-state index in [0.29, 0.717) is 12.3 Å². The predicted octanol–water partition coefficient (Wildman–Crippen LogP) is 3.42. The highest BCUT2D eigenvalue weighted by atomic mass is 32.2. The van der Waals surface area contributed by atoms with Gasteiger partial charge in [0, 0.05) is 14.6 Å². The molecule has 0 aliphatic heterocycles. The van der Waals surface area contributed by atoms with Crippen molar-refractivity contribution in [2.75, 3.05) is 5.75 Å². The van der Waals surface area contributed by atoms with Crippen molar-refractivity contribution in [3.8, 4) is 5.75 Å². The van der Waals surface area contributed by atoms with Crippen LogP contribution in [0.3, 0.4) is 0 Å². The van der Waals surface area contributed by atoms with Crippen molar-refractivity contribution in [2.24, 2.45) is 0 Å². The lowest BCUT2D eigenvalue weighted by atomic mass is 10.3. The average Bonchev–Trinajstić information content (AvgIpc) is 2.92. The number of aryl methyl sites for hydroxylation is 1. The number of rotatable bonds is 6. The second kappa shape index (κ2) is 7.36. The molecule has 1 aromatic carbocycles. The number of carbonyl (C=O) groups excluding carboxylic acids is 1. The van der Waals surface area contributed by atoms with Crippen LogP contribution in [0.4, 0.5) is 0 Å². The summed E-state index contributed by atoms with van der Waals surface area (Å²) in [5.41, 5.74) is 0. The Morgan fingerprint density at radius 3 is 2.55 bits per heavy atom. The summed E-state index contributed by atoms with van der Waals surface area (Å²) in [4.78, 5) is 15.3. The van der Waals surface area contributed by atoms with Gasteiger partial charge in [-0.25, -0.2) is 0 Å². The number of hydrogen-bond donors (Lipinski definition) is 2. The minimum absolute atomic E-state index is 0.0227. The summed E-state index contributed by atoms with van der Waals surface area (Å²) < 4.78 is 0. The molecule has 2 N–H and O–H groups in total. The van der Waals surface area contributed by atoms with Crippen molar-refractivity contribution < 1.29 is 9.90 Å². The molecule has 2 rings (SSSR count). The molecule has 0 aliphatic carbocycles. The fourth-order valence-corrected chi connectivity index (χ4v) is 3.26. The van der Waals surface area contributed by atoms with E-state index in [1.807, 2.05) is 0 Å². The molecule has 0 saturated heterocycles. The van der Waals surface area contributed by atoms with E-state index in [2.05, 4.69) is 24.4 Å². The molecule has 5 heteroatoms.